The molecule has 0 aromatic rings. The molecule has 0 aromatic carbocycles. The molecule has 0 aliphatic heterocycles. The third-order valence-electron chi connectivity index (χ3n) is 8.64. The lowest BCUT2D eigenvalue weighted by Crippen LogP contribution is -2.35. The van der Waals surface area contributed by atoms with E-state index in [2.05, 4.69) is 47.3 Å². The normalized spacial score (nSPS) is 26.3. The molecule has 3 heteroatoms. The summed E-state index contributed by atoms with van der Waals surface area (Å²) in [5.41, 5.74) is 4.04. The highest BCUT2D eigenvalue weighted by Gasteiger charge is 2.41. The standard InChI is InChI=1S/C32H53F3/c1-9-13-14-15-16-29(23-32(33,34)35)26(7)25(6)17-19-31(18-10-2)21-28(12-4)27(8)30(22-31)20-24(5)11-3/h9,12-13,24,27,30H,6,10-11,14-23H2,1-5,7-8H3/b13-9-,28-12-,29-26-. The van der Waals surface area contributed by atoms with E-state index in [1.807, 2.05) is 26.0 Å². The summed E-state index contributed by atoms with van der Waals surface area (Å²) < 4.78 is 40.1. The van der Waals surface area contributed by atoms with Crippen LogP contribution in [-0.4, -0.2) is 6.18 Å². The molecule has 1 saturated carbocycles. The van der Waals surface area contributed by atoms with Gasteiger partial charge >= 0.3 is 6.18 Å². The summed E-state index contributed by atoms with van der Waals surface area (Å²) in [5.74, 6) is 2.04. The first-order valence-electron chi connectivity index (χ1n) is 14.1. The minimum Gasteiger partial charge on any atom is -0.171 e. The Bertz CT molecular complexity index is 736. The average Bonchev–Trinajstić information content (AvgIpc) is 2.80. The van der Waals surface area contributed by atoms with Crippen LogP contribution in [0.5, 0.6) is 0 Å². The van der Waals surface area contributed by atoms with Gasteiger partial charge in [0.1, 0.15) is 0 Å². The van der Waals surface area contributed by atoms with Gasteiger partial charge < -0.3 is 0 Å². The zero-order valence-corrected chi connectivity index (χ0v) is 23.8. The number of halogens is 3. The van der Waals surface area contributed by atoms with Gasteiger partial charge in [0, 0.05) is 0 Å². The van der Waals surface area contributed by atoms with E-state index in [-0.39, 0.29) is 5.41 Å². The lowest BCUT2D eigenvalue weighted by Gasteiger charge is -2.47. The quantitative estimate of drug-likeness (QED) is 0.128. The summed E-state index contributed by atoms with van der Waals surface area (Å²) in [5, 5.41) is 0. The lowest BCUT2D eigenvalue weighted by atomic mass is 9.58. The maximum absolute atomic E-state index is 13.4. The first kappa shape index (κ1) is 31.8. The van der Waals surface area contributed by atoms with Crippen molar-refractivity contribution in [3.05, 3.63) is 47.1 Å². The topological polar surface area (TPSA) is 0 Å². The minimum absolute atomic E-state index is 0.237. The van der Waals surface area contributed by atoms with Crippen molar-refractivity contribution in [2.45, 2.75) is 132 Å². The molecule has 35 heavy (non-hydrogen) atoms. The Balaban J connectivity index is 3.10. The summed E-state index contributed by atoms with van der Waals surface area (Å²) in [6.07, 6.45) is 12.4. The molecule has 0 heterocycles. The molecule has 4 atom stereocenters. The molecule has 0 nitrogen and oxygen atoms in total. The van der Waals surface area contributed by atoms with Crippen molar-refractivity contribution in [3.8, 4) is 0 Å². The minimum atomic E-state index is -4.18. The van der Waals surface area contributed by atoms with E-state index < -0.39 is 12.6 Å². The molecule has 0 N–H and O–H groups in total. The Hall–Kier alpha value is -1.25. The van der Waals surface area contributed by atoms with Crippen LogP contribution in [0.25, 0.3) is 0 Å². The van der Waals surface area contributed by atoms with Crippen LogP contribution in [0, 0.1) is 23.2 Å². The Morgan fingerprint density at radius 1 is 1.17 bits per heavy atom. The third kappa shape index (κ3) is 10.7. The van der Waals surface area contributed by atoms with E-state index >= 15 is 0 Å². The summed E-state index contributed by atoms with van der Waals surface area (Å²) in [6.45, 7) is 19.6. The number of allylic oxidation sites excluding steroid dienone is 7. The molecule has 1 aliphatic rings. The van der Waals surface area contributed by atoms with E-state index in [0.29, 0.717) is 23.8 Å². The number of rotatable bonds is 14. The smallest absolute Gasteiger partial charge is 0.171 e. The van der Waals surface area contributed by atoms with Crippen LogP contribution in [0.4, 0.5) is 13.2 Å². The summed E-state index contributed by atoms with van der Waals surface area (Å²) in [6, 6.07) is 0. The van der Waals surface area contributed by atoms with Crippen molar-refractivity contribution in [2.75, 3.05) is 0 Å². The highest BCUT2D eigenvalue weighted by Crippen LogP contribution is 2.53. The molecular weight excluding hydrogens is 441 g/mol. The van der Waals surface area contributed by atoms with Crippen LogP contribution in [-0.2, 0) is 0 Å². The van der Waals surface area contributed by atoms with Crippen molar-refractivity contribution in [2.24, 2.45) is 23.2 Å². The van der Waals surface area contributed by atoms with Gasteiger partial charge in [0.25, 0.3) is 0 Å². The fourth-order valence-electron chi connectivity index (χ4n) is 6.18. The van der Waals surface area contributed by atoms with E-state index in [0.717, 1.165) is 55.6 Å². The first-order valence-corrected chi connectivity index (χ1v) is 14.1. The molecule has 0 bridgehead atoms. The van der Waals surface area contributed by atoms with Gasteiger partial charge in [-0.25, -0.2) is 0 Å². The SMILES string of the molecule is C=C(CCC1(CCC)C/C(=C/C)C(C)C(CC(C)CC)C1)/C(C)=C(/CCC/C=C\C)CC(F)(F)F. The predicted octanol–water partition coefficient (Wildman–Crippen LogP) is 11.6. The second kappa shape index (κ2) is 15.1. The largest absolute Gasteiger partial charge is 0.392 e. The van der Waals surface area contributed by atoms with Crippen LogP contribution >= 0.6 is 0 Å². The Labute approximate surface area is 215 Å². The van der Waals surface area contributed by atoms with Gasteiger partial charge in [0.15, 0.2) is 0 Å². The first-order chi connectivity index (χ1) is 16.4. The Morgan fingerprint density at radius 3 is 2.40 bits per heavy atom. The van der Waals surface area contributed by atoms with Crippen molar-refractivity contribution >= 4 is 0 Å². The fourth-order valence-corrected chi connectivity index (χ4v) is 6.18. The van der Waals surface area contributed by atoms with Crippen molar-refractivity contribution < 1.29 is 13.2 Å². The number of alkyl halides is 3. The lowest BCUT2D eigenvalue weighted by molar-refractivity contribution is -0.127. The van der Waals surface area contributed by atoms with Gasteiger partial charge in [0.2, 0.25) is 0 Å². The summed E-state index contributed by atoms with van der Waals surface area (Å²) >= 11 is 0. The Morgan fingerprint density at radius 2 is 1.86 bits per heavy atom. The second-order valence-corrected chi connectivity index (χ2v) is 11.4. The average molecular weight is 495 g/mol. The van der Waals surface area contributed by atoms with Gasteiger partial charge in [-0.3, -0.25) is 0 Å². The van der Waals surface area contributed by atoms with Crippen LogP contribution < -0.4 is 0 Å². The van der Waals surface area contributed by atoms with E-state index in [4.69, 9.17) is 0 Å². The van der Waals surface area contributed by atoms with Crippen molar-refractivity contribution in [1.82, 2.24) is 0 Å². The van der Waals surface area contributed by atoms with Crippen molar-refractivity contribution in [3.63, 3.8) is 0 Å². The molecule has 1 aliphatic carbocycles. The van der Waals surface area contributed by atoms with Gasteiger partial charge in [-0.05, 0) is 107 Å². The monoisotopic (exact) mass is 494 g/mol. The fraction of sp³-hybridized carbons (Fsp3) is 0.750. The molecule has 1 rings (SSSR count). The third-order valence-corrected chi connectivity index (χ3v) is 8.64. The highest BCUT2D eigenvalue weighted by atomic mass is 19.4. The maximum Gasteiger partial charge on any atom is 0.392 e. The molecule has 0 aromatic heterocycles. The molecule has 0 amide bonds. The maximum atomic E-state index is 13.4. The molecule has 0 spiro atoms. The van der Waals surface area contributed by atoms with Crippen LogP contribution in [0.1, 0.15) is 126 Å². The predicted molar refractivity (Wildman–Crippen MR) is 147 cm³/mol. The number of hydrogen-bond donors (Lipinski definition) is 0. The number of hydrogen-bond acceptors (Lipinski definition) is 0. The van der Waals surface area contributed by atoms with Gasteiger partial charge in [-0.2, -0.15) is 13.2 Å². The zero-order chi connectivity index (χ0) is 26.6. The van der Waals surface area contributed by atoms with Crippen LogP contribution in [0.15, 0.2) is 47.1 Å². The molecule has 0 radical (unpaired) electrons. The van der Waals surface area contributed by atoms with Gasteiger partial charge in [0.05, 0.1) is 6.42 Å². The highest BCUT2D eigenvalue weighted by molar-refractivity contribution is 5.32. The summed E-state index contributed by atoms with van der Waals surface area (Å²) in [4.78, 5) is 0. The Kier molecular flexibility index (Phi) is 13.7. The van der Waals surface area contributed by atoms with E-state index in [1.54, 1.807) is 5.57 Å². The summed E-state index contributed by atoms with van der Waals surface area (Å²) in [7, 11) is 0. The van der Waals surface area contributed by atoms with Crippen molar-refractivity contribution in [1.29, 1.82) is 0 Å². The second-order valence-electron chi connectivity index (χ2n) is 11.4. The van der Waals surface area contributed by atoms with Gasteiger partial charge in [-0.1, -0.05) is 82.1 Å². The molecular formula is C32H53F3. The molecule has 1 fully saturated rings. The van der Waals surface area contributed by atoms with Gasteiger partial charge in [-0.15, -0.1) is 0 Å². The van der Waals surface area contributed by atoms with Crippen LogP contribution in [0.3, 0.4) is 0 Å². The molecule has 4 unspecified atom stereocenters. The molecule has 202 valence electrons. The molecule has 0 saturated heterocycles. The van der Waals surface area contributed by atoms with E-state index in [1.165, 1.54) is 25.7 Å². The van der Waals surface area contributed by atoms with Crippen LogP contribution in [0.2, 0.25) is 0 Å². The zero-order valence-electron chi connectivity index (χ0n) is 23.8. The number of unbranched alkanes of at least 4 members (excludes halogenated alkanes) is 1. The van der Waals surface area contributed by atoms with E-state index in [9.17, 15) is 13.2 Å².